The first-order valence-corrected chi connectivity index (χ1v) is 11.0. The lowest BCUT2D eigenvalue weighted by atomic mass is 10.1. The molecule has 1 aliphatic rings. The maximum Gasteiger partial charge on any atom is 0.417 e. The van der Waals surface area contributed by atoms with Gasteiger partial charge in [-0.05, 0) is 36.8 Å². The van der Waals surface area contributed by atoms with E-state index in [1.165, 1.54) is 29.7 Å². The van der Waals surface area contributed by atoms with Crippen molar-refractivity contribution in [1.82, 2.24) is 24.5 Å². The van der Waals surface area contributed by atoms with Crippen LogP contribution in [0.2, 0.25) is 0 Å². The SMILES string of the molecule is C[C@H](Nc1ncnc(N2C(=O)OC[C@@H]2c2ccccc2)n1)c1cn(-c2ccc(C(F)(F)F)cc2)cn1. The highest BCUT2D eigenvalue weighted by Gasteiger charge is 2.37. The summed E-state index contributed by atoms with van der Waals surface area (Å²) < 4.78 is 45.3. The molecule has 1 N–H and O–H groups in total. The third kappa shape index (κ3) is 4.69. The number of rotatable bonds is 6. The zero-order valence-electron chi connectivity index (χ0n) is 18.9. The number of carbonyl (C=O) groups excluding carboxylic acids is 1. The van der Waals surface area contributed by atoms with Gasteiger partial charge in [0, 0.05) is 11.9 Å². The normalized spacial score (nSPS) is 16.6. The first-order valence-electron chi connectivity index (χ1n) is 11.0. The maximum absolute atomic E-state index is 12.8. The molecule has 4 aromatic rings. The molecule has 0 aliphatic carbocycles. The number of aromatic nitrogens is 5. The number of imidazole rings is 1. The van der Waals surface area contributed by atoms with Gasteiger partial charge < -0.3 is 14.6 Å². The van der Waals surface area contributed by atoms with Gasteiger partial charge in [0.05, 0.1) is 23.6 Å². The average molecular weight is 495 g/mol. The molecule has 1 fully saturated rings. The number of halogens is 3. The minimum Gasteiger partial charge on any atom is -0.446 e. The van der Waals surface area contributed by atoms with Crippen molar-refractivity contribution in [2.45, 2.75) is 25.2 Å². The van der Waals surface area contributed by atoms with Crippen molar-refractivity contribution in [3.63, 3.8) is 0 Å². The van der Waals surface area contributed by atoms with Crippen LogP contribution in [0.3, 0.4) is 0 Å². The molecule has 0 bridgehead atoms. The van der Waals surface area contributed by atoms with E-state index in [-0.39, 0.29) is 30.6 Å². The Balaban J connectivity index is 1.32. The number of hydrogen-bond acceptors (Lipinski definition) is 7. The fraction of sp³-hybridized carbons (Fsp3) is 0.208. The van der Waals surface area contributed by atoms with Crippen LogP contribution >= 0.6 is 0 Å². The Labute approximate surface area is 203 Å². The van der Waals surface area contributed by atoms with E-state index in [4.69, 9.17) is 4.74 Å². The highest BCUT2D eigenvalue weighted by Crippen LogP contribution is 2.32. The molecule has 12 heteroatoms. The Hall–Kier alpha value is -4.48. The minimum absolute atomic E-state index is 0.145. The number of nitrogens with one attached hydrogen (secondary N) is 1. The number of anilines is 2. The van der Waals surface area contributed by atoms with Crippen LogP contribution in [0.15, 0.2) is 73.4 Å². The molecule has 184 valence electrons. The highest BCUT2D eigenvalue weighted by molar-refractivity contribution is 5.88. The summed E-state index contributed by atoms with van der Waals surface area (Å²) in [5, 5.41) is 3.12. The van der Waals surface area contributed by atoms with Gasteiger partial charge in [-0.3, -0.25) is 0 Å². The minimum atomic E-state index is -4.40. The monoisotopic (exact) mass is 495 g/mol. The summed E-state index contributed by atoms with van der Waals surface area (Å²) in [6, 6.07) is 13.5. The van der Waals surface area contributed by atoms with Gasteiger partial charge in [0.1, 0.15) is 19.0 Å². The number of cyclic esters (lactones) is 1. The first kappa shape index (κ1) is 23.3. The highest BCUT2D eigenvalue weighted by atomic mass is 19.4. The van der Waals surface area contributed by atoms with E-state index in [0.717, 1.165) is 17.7 Å². The van der Waals surface area contributed by atoms with Gasteiger partial charge in [-0.15, -0.1) is 0 Å². The second kappa shape index (κ2) is 9.29. The summed E-state index contributed by atoms with van der Waals surface area (Å²) in [4.78, 5) is 30.9. The lowest BCUT2D eigenvalue weighted by Gasteiger charge is -2.20. The lowest BCUT2D eigenvalue weighted by molar-refractivity contribution is -0.137. The largest absolute Gasteiger partial charge is 0.446 e. The Morgan fingerprint density at radius 1 is 1.06 bits per heavy atom. The average Bonchev–Trinajstić information content (AvgIpc) is 3.52. The van der Waals surface area contributed by atoms with Gasteiger partial charge in [0.15, 0.2) is 0 Å². The number of benzene rings is 2. The molecule has 36 heavy (non-hydrogen) atoms. The second-order valence-electron chi connectivity index (χ2n) is 8.10. The topological polar surface area (TPSA) is 98.1 Å². The number of amides is 1. The maximum atomic E-state index is 12.8. The van der Waals surface area contributed by atoms with Crippen molar-refractivity contribution in [2.75, 3.05) is 16.8 Å². The van der Waals surface area contributed by atoms with Gasteiger partial charge in [-0.1, -0.05) is 30.3 Å². The first-order chi connectivity index (χ1) is 17.3. The predicted octanol–water partition coefficient (Wildman–Crippen LogP) is 4.95. The van der Waals surface area contributed by atoms with Crippen molar-refractivity contribution >= 4 is 18.0 Å². The summed E-state index contributed by atoms with van der Waals surface area (Å²) >= 11 is 0. The van der Waals surface area contributed by atoms with Crippen LogP contribution in [0.4, 0.5) is 29.9 Å². The standard InChI is InChI=1S/C24H20F3N7O2/c1-15(19-11-33(14-30-19)18-9-7-17(8-10-18)24(25,26)27)31-21-28-13-29-22(32-21)34-20(12-36-23(34)35)16-5-3-2-4-6-16/h2-11,13-15,20H,12H2,1H3,(H,28,29,31,32)/t15-,20+/m0/s1. The van der Waals surface area contributed by atoms with Crippen molar-refractivity contribution < 1.29 is 22.7 Å². The summed E-state index contributed by atoms with van der Waals surface area (Å²) in [5.41, 5.74) is 1.32. The van der Waals surface area contributed by atoms with Crippen molar-refractivity contribution in [2.24, 2.45) is 0 Å². The van der Waals surface area contributed by atoms with Crippen molar-refractivity contribution in [3.8, 4) is 5.69 Å². The Morgan fingerprint density at radius 3 is 2.53 bits per heavy atom. The molecule has 0 saturated carbocycles. The van der Waals surface area contributed by atoms with Crippen LogP contribution in [-0.2, 0) is 10.9 Å². The molecule has 2 aromatic heterocycles. The Bertz CT molecular complexity index is 1360. The predicted molar refractivity (Wildman–Crippen MR) is 123 cm³/mol. The summed E-state index contributed by atoms with van der Waals surface area (Å²) in [5.74, 6) is 0.370. The number of hydrogen-bond donors (Lipinski definition) is 1. The molecule has 1 amide bonds. The van der Waals surface area contributed by atoms with Crippen LogP contribution in [0.5, 0.6) is 0 Å². The molecule has 1 aliphatic heterocycles. The smallest absolute Gasteiger partial charge is 0.417 e. The quantitative estimate of drug-likeness (QED) is 0.404. The van der Waals surface area contributed by atoms with E-state index >= 15 is 0 Å². The molecule has 0 unspecified atom stereocenters. The third-order valence-corrected chi connectivity index (χ3v) is 5.72. The lowest BCUT2D eigenvalue weighted by Crippen LogP contribution is -2.29. The fourth-order valence-corrected chi connectivity index (χ4v) is 3.83. The van der Waals surface area contributed by atoms with Crippen molar-refractivity contribution in [3.05, 3.63) is 90.3 Å². The Kier molecular flexibility index (Phi) is 6.00. The van der Waals surface area contributed by atoms with Crippen LogP contribution < -0.4 is 10.2 Å². The fourth-order valence-electron chi connectivity index (χ4n) is 3.83. The molecule has 1 saturated heterocycles. The summed E-state index contributed by atoms with van der Waals surface area (Å²) in [6.45, 7) is 2.01. The number of alkyl halides is 3. The number of nitrogens with zero attached hydrogens (tertiary/aromatic N) is 6. The van der Waals surface area contributed by atoms with Gasteiger partial charge in [0.2, 0.25) is 11.9 Å². The van der Waals surface area contributed by atoms with Crippen LogP contribution in [0, 0.1) is 0 Å². The van der Waals surface area contributed by atoms with Crippen LogP contribution in [0.1, 0.15) is 35.8 Å². The molecule has 5 rings (SSSR count). The molecule has 2 aromatic carbocycles. The van der Waals surface area contributed by atoms with E-state index < -0.39 is 17.8 Å². The zero-order valence-corrected chi connectivity index (χ0v) is 18.9. The van der Waals surface area contributed by atoms with Crippen LogP contribution in [0.25, 0.3) is 5.69 Å². The van der Waals surface area contributed by atoms with Crippen LogP contribution in [-0.4, -0.2) is 37.2 Å². The molecule has 2 atom stereocenters. The van der Waals surface area contributed by atoms with E-state index in [2.05, 4.69) is 25.3 Å². The third-order valence-electron chi connectivity index (χ3n) is 5.72. The van der Waals surface area contributed by atoms with Gasteiger partial charge in [0.25, 0.3) is 0 Å². The van der Waals surface area contributed by atoms with Gasteiger partial charge >= 0.3 is 12.3 Å². The number of carbonyl (C=O) groups is 1. The molecule has 9 nitrogen and oxygen atoms in total. The van der Waals surface area contributed by atoms with E-state index in [1.807, 2.05) is 37.3 Å². The van der Waals surface area contributed by atoms with Gasteiger partial charge in [-0.25, -0.2) is 24.6 Å². The summed E-state index contributed by atoms with van der Waals surface area (Å²) in [6.07, 6.45) is -0.436. The van der Waals surface area contributed by atoms with E-state index in [9.17, 15) is 18.0 Å². The Morgan fingerprint density at radius 2 is 1.81 bits per heavy atom. The van der Waals surface area contributed by atoms with Crippen molar-refractivity contribution in [1.29, 1.82) is 0 Å². The molecule has 3 heterocycles. The molecule has 0 spiro atoms. The van der Waals surface area contributed by atoms with E-state index in [0.29, 0.717) is 11.4 Å². The molecule has 0 radical (unpaired) electrons. The van der Waals surface area contributed by atoms with Gasteiger partial charge in [-0.2, -0.15) is 18.2 Å². The molecular weight excluding hydrogens is 475 g/mol. The van der Waals surface area contributed by atoms with E-state index in [1.54, 1.807) is 10.8 Å². The molecular formula is C24H20F3N7O2. The second-order valence-corrected chi connectivity index (χ2v) is 8.10. The zero-order chi connectivity index (χ0) is 25.3. The number of ether oxygens (including phenoxy) is 1. The summed E-state index contributed by atoms with van der Waals surface area (Å²) in [7, 11) is 0.